The zero-order valence-electron chi connectivity index (χ0n) is 6.57. The van der Waals surface area contributed by atoms with Crippen molar-refractivity contribution in [2.75, 3.05) is 5.73 Å². The summed E-state index contributed by atoms with van der Waals surface area (Å²) < 4.78 is 4.85. The first kappa shape index (κ1) is 7.36. The minimum atomic E-state index is 0.401. The van der Waals surface area contributed by atoms with E-state index in [2.05, 4.69) is 5.16 Å². The largest absolute Gasteiger partial charge is 0.367 e. The summed E-state index contributed by atoms with van der Waals surface area (Å²) in [6, 6.07) is 3.97. The number of hydrogen-bond donors (Lipinski definition) is 1. The van der Waals surface area contributed by atoms with Gasteiger partial charge in [-0.15, -0.1) is 11.3 Å². The normalized spacial score (nSPS) is 10.4. The first-order chi connectivity index (χ1) is 5.79. The second-order valence-corrected chi connectivity index (χ2v) is 3.45. The van der Waals surface area contributed by atoms with Crippen molar-refractivity contribution >= 4 is 17.2 Å². The summed E-state index contributed by atoms with van der Waals surface area (Å²) in [5.41, 5.74) is 7.29. The lowest BCUT2D eigenvalue weighted by molar-refractivity contribution is 0.439. The summed E-state index contributed by atoms with van der Waals surface area (Å²) in [7, 11) is 0. The molecule has 0 fully saturated rings. The number of nitrogen functional groups attached to an aromatic ring is 1. The SMILES string of the molecule is Cc1c(-c2cccs2)noc1N. The number of rotatable bonds is 1. The van der Waals surface area contributed by atoms with E-state index in [4.69, 9.17) is 10.3 Å². The van der Waals surface area contributed by atoms with Crippen LogP contribution in [0.4, 0.5) is 5.88 Å². The third kappa shape index (κ3) is 1.00. The zero-order valence-corrected chi connectivity index (χ0v) is 7.39. The Bertz CT molecular complexity index is 378. The highest BCUT2D eigenvalue weighted by Crippen LogP contribution is 2.29. The first-order valence-corrected chi connectivity index (χ1v) is 4.42. The third-order valence-electron chi connectivity index (χ3n) is 1.71. The highest BCUT2D eigenvalue weighted by Gasteiger charge is 2.10. The average Bonchev–Trinajstić information content (AvgIpc) is 2.64. The molecule has 0 aliphatic heterocycles. The number of aromatic nitrogens is 1. The van der Waals surface area contributed by atoms with E-state index in [0.717, 1.165) is 16.1 Å². The van der Waals surface area contributed by atoms with Gasteiger partial charge in [0.1, 0.15) is 5.69 Å². The molecule has 0 bridgehead atoms. The van der Waals surface area contributed by atoms with Crippen molar-refractivity contribution in [3.63, 3.8) is 0 Å². The Hall–Kier alpha value is -1.29. The van der Waals surface area contributed by atoms with Crippen LogP contribution in [0.5, 0.6) is 0 Å². The molecule has 0 saturated carbocycles. The molecule has 0 saturated heterocycles. The lowest BCUT2D eigenvalue weighted by Gasteiger charge is -1.88. The summed E-state index contributed by atoms with van der Waals surface area (Å²) in [5, 5.41) is 5.87. The van der Waals surface area contributed by atoms with Gasteiger partial charge in [0.15, 0.2) is 0 Å². The van der Waals surface area contributed by atoms with E-state index in [-0.39, 0.29) is 0 Å². The summed E-state index contributed by atoms with van der Waals surface area (Å²) in [5.74, 6) is 0.401. The van der Waals surface area contributed by atoms with Crippen LogP contribution in [0.2, 0.25) is 0 Å². The molecule has 2 aromatic heterocycles. The topological polar surface area (TPSA) is 52.0 Å². The molecule has 62 valence electrons. The lowest BCUT2D eigenvalue weighted by atomic mass is 10.2. The van der Waals surface area contributed by atoms with Crippen LogP contribution in [0.3, 0.4) is 0 Å². The monoisotopic (exact) mass is 180 g/mol. The van der Waals surface area contributed by atoms with Crippen molar-refractivity contribution < 1.29 is 4.52 Å². The fraction of sp³-hybridized carbons (Fsp3) is 0.125. The quantitative estimate of drug-likeness (QED) is 0.732. The standard InChI is InChI=1S/C8H8N2OS/c1-5-7(10-11-8(5)9)6-3-2-4-12-6/h2-4H,9H2,1H3. The Kier molecular flexibility index (Phi) is 1.62. The first-order valence-electron chi connectivity index (χ1n) is 3.54. The zero-order chi connectivity index (χ0) is 8.55. The highest BCUT2D eigenvalue weighted by molar-refractivity contribution is 7.13. The van der Waals surface area contributed by atoms with Crippen molar-refractivity contribution in [1.29, 1.82) is 0 Å². The second kappa shape index (κ2) is 2.64. The molecule has 2 N–H and O–H groups in total. The predicted octanol–water partition coefficient (Wildman–Crippen LogP) is 2.29. The summed E-state index contributed by atoms with van der Waals surface area (Å²) in [4.78, 5) is 1.09. The van der Waals surface area contributed by atoms with Gasteiger partial charge in [0.25, 0.3) is 0 Å². The Labute approximate surface area is 73.8 Å². The van der Waals surface area contributed by atoms with Crippen LogP contribution in [0.1, 0.15) is 5.56 Å². The molecular weight excluding hydrogens is 172 g/mol. The van der Waals surface area contributed by atoms with Gasteiger partial charge in [0.05, 0.1) is 4.88 Å². The van der Waals surface area contributed by atoms with Gasteiger partial charge in [-0.25, -0.2) is 0 Å². The Morgan fingerprint density at radius 2 is 2.42 bits per heavy atom. The molecule has 0 amide bonds. The maximum Gasteiger partial charge on any atom is 0.225 e. The van der Waals surface area contributed by atoms with E-state index in [1.807, 2.05) is 24.4 Å². The van der Waals surface area contributed by atoms with Crippen LogP contribution in [-0.2, 0) is 0 Å². The van der Waals surface area contributed by atoms with Crippen molar-refractivity contribution in [3.05, 3.63) is 23.1 Å². The molecule has 4 heteroatoms. The number of nitrogens with two attached hydrogens (primary N) is 1. The van der Waals surface area contributed by atoms with Crippen molar-refractivity contribution in [3.8, 4) is 10.6 Å². The van der Waals surface area contributed by atoms with Crippen LogP contribution in [0.25, 0.3) is 10.6 Å². The summed E-state index contributed by atoms with van der Waals surface area (Å²) in [6.07, 6.45) is 0. The molecule has 0 atom stereocenters. The molecule has 0 radical (unpaired) electrons. The van der Waals surface area contributed by atoms with E-state index in [1.165, 1.54) is 0 Å². The van der Waals surface area contributed by atoms with E-state index < -0.39 is 0 Å². The molecule has 12 heavy (non-hydrogen) atoms. The third-order valence-corrected chi connectivity index (χ3v) is 2.59. The van der Waals surface area contributed by atoms with E-state index >= 15 is 0 Å². The van der Waals surface area contributed by atoms with E-state index in [1.54, 1.807) is 11.3 Å². The van der Waals surface area contributed by atoms with Gasteiger partial charge in [-0.1, -0.05) is 11.2 Å². The van der Waals surface area contributed by atoms with Gasteiger partial charge >= 0.3 is 0 Å². The second-order valence-electron chi connectivity index (χ2n) is 2.50. The molecule has 0 unspecified atom stereocenters. The van der Waals surface area contributed by atoms with Crippen molar-refractivity contribution in [2.24, 2.45) is 0 Å². The molecule has 0 aliphatic rings. The van der Waals surface area contributed by atoms with Crippen LogP contribution < -0.4 is 5.73 Å². The van der Waals surface area contributed by atoms with Crippen LogP contribution in [-0.4, -0.2) is 5.16 Å². The molecule has 2 rings (SSSR count). The van der Waals surface area contributed by atoms with Crippen LogP contribution >= 0.6 is 11.3 Å². The Balaban J connectivity index is 2.55. The number of thiophene rings is 1. The molecule has 0 aliphatic carbocycles. The van der Waals surface area contributed by atoms with Gasteiger partial charge in [0.2, 0.25) is 5.88 Å². The minimum Gasteiger partial charge on any atom is -0.367 e. The van der Waals surface area contributed by atoms with E-state index in [9.17, 15) is 0 Å². The minimum absolute atomic E-state index is 0.401. The fourth-order valence-corrected chi connectivity index (χ4v) is 1.75. The Morgan fingerprint density at radius 1 is 1.58 bits per heavy atom. The van der Waals surface area contributed by atoms with Crippen LogP contribution in [0, 0.1) is 6.92 Å². The number of anilines is 1. The lowest BCUT2D eigenvalue weighted by Crippen LogP contribution is -1.83. The molecule has 0 aromatic carbocycles. The Morgan fingerprint density at radius 3 is 2.92 bits per heavy atom. The van der Waals surface area contributed by atoms with Crippen LogP contribution in [0.15, 0.2) is 22.0 Å². The molecule has 2 heterocycles. The van der Waals surface area contributed by atoms with Crippen molar-refractivity contribution in [2.45, 2.75) is 6.92 Å². The predicted molar refractivity (Wildman–Crippen MR) is 49.0 cm³/mol. The van der Waals surface area contributed by atoms with E-state index in [0.29, 0.717) is 5.88 Å². The van der Waals surface area contributed by atoms with Crippen molar-refractivity contribution in [1.82, 2.24) is 5.16 Å². The molecule has 3 nitrogen and oxygen atoms in total. The molecule has 0 spiro atoms. The maximum absolute atomic E-state index is 5.52. The molecule has 2 aromatic rings. The molecular formula is C8H8N2OS. The van der Waals surface area contributed by atoms with Gasteiger partial charge in [-0.2, -0.15) is 0 Å². The number of nitrogens with zero attached hydrogens (tertiary/aromatic N) is 1. The van der Waals surface area contributed by atoms with Gasteiger partial charge in [-0.3, -0.25) is 0 Å². The smallest absolute Gasteiger partial charge is 0.225 e. The fourth-order valence-electron chi connectivity index (χ4n) is 0.992. The summed E-state index contributed by atoms with van der Waals surface area (Å²) in [6.45, 7) is 1.90. The summed E-state index contributed by atoms with van der Waals surface area (Å²) >= 11 is 1.63. The van der Waals surface area contributed by atoms with Gasteiger partial charge in [0, 0.05) is 5.56 Å². The van der Waals surface area contributed by atoms with Gasteiger partial charge < -0.3 is 10.3 Å². The number of hydrogen-bond acceptors (Lipinski definition) is 4. The highest BCUT2D eigenvalue weighted by atomic mass is 32.1. The van der Waals surface area contributed by atoms with Gasteiger partial charge in [-0.05, 0) is 18.4 Å². The average molecular weight is 180 g/mol. The maximum atomic E-state index is 5.52.